The maximum Gasteiger partial charge on any atom is 0.315 e. The topological polar surface area (TPSA) is 50.4 Å². The highest BCUT2D eigenvalue weighted by atomic mass is 35.5. The molecule has 0 aliphatic rings. The Kier molecular flexibility index (Phi) is 7.22. The van der Waals surface area contributed by atoms with Crippen molar-refractivity contribution in [1.29, 1.82) is 0 Å². The quantitative estimate of drug-likeness (QED) is 0.748. The molecule has 18 heavy (non-hydrogen) atoms. The van der Waals surface area contributed by atoms with Crippen LogP contribution in [0.3, 0.4) is 0 Å². The summed E-state index contributed by atoms with van der Waals surface area (Å²) < 4.78 is 5.17. The fourth-order valence-electron chi connectivity index (χ4n) is 1.40. The minimum absolute atomic E-state index is 0.189. The average Bonchev–Trinajstić information content (AvgIpc) is 2.37. The normalized spacial score (nSPS) is 10.1. The first kappa shape index (κ1) is 14.8. The number of hydrogen-bond donors (Lipinski definition) is 2. The zero-order valence-electron chi connectivity index (χ0n) is 10.5. The Morgan fingerprint density at radius 2 is 2.11 bits per heavy atom. The van der Waals surface area contributed by atoms with Gasteiger partial charge in [-0.15, -0.1) is 0 Å². The number of ether oxygens (including phenoxy) is 1. The molecule has 0 aliphatic carbocycles. The summed E-state index contributed by atoms with van der Waals surface area (Å²) in [5, 5.41) is 6.17. The van der Waals surface area contributed by atoms with E-state index in [4.69, 9.17) is 16.3 Å². The molecule has 1 rings (SSSR count). The van der Waals surface area contributed by atoms with Gasteiger partial charge >= 0.3 is 6.03 Å². The van der Waals surface area contributed by atoms with Crippen LogP contribution >= 0.6 is 11.6 Å². The van der Waals surface area contributed by atoms with Gasteiger partial charge in [-0.3, -0.25) is 0 Å². The van der Waals surface area contributed by atoms with E-state index in [1.807, 2.05) is 25.1 Å². The third-order valence-corrected chi connectivity index (χ3v) is 2.72. The number of hydrogen-bond acceptors (Lipinski definition) is 2. The van der Waals surface area contributed by atoms with Gasteiger partial charge in [0, 0.05) is 31.3 Å². The molecule has 0 aliphatic heterocycles. The van der Waals surface area contributed by atoms with Crippen LogP contribution in [0.1, 0.15) is 18.9 Å². The zero-order chi connectivity index (χ0) is 13.2. The summed E-state index contributed by atoms with van der Waals surface area (Å²) in [6.45, 7) is 4.36. The van der Waals surface area contributed by atoms with E-state index in [9.17, 15) is 4.79 Å². The SMILES string of the molecule is CCOCCCNC(=O)NCc1ccccc1Cl. The first-order valence-electron chi connectivity index (χ1n) is 6.07. The molecule has 0 atom stereocenters. The van der Waals surface area contributed by atoms with Gasteiger partial charge in [0.05, 0.1) is 0 Å². The van der Waals surface area contributed by atoms with Gasteiger partial charge in [-0.2, -0.15) is 0 Å². The predicted octanol–water partition coefficient (Wildman–Crippen LogP) is 2.57. The van der Waals surface area contributed by atoms with Crippen molar-refractivity contribution >= 4 is 17.6 Å². The summed E-state index contributed by atoms with van der Waals surface area (Å²) in [6.07, 6.45) is 0.813. The molecule has 0 spiro atoms. The van der Waals surface area contributed by atoms with Crippen molar-refractivity contribution in [2.75, 3.05) is 19.8 Å². The van der Waals surface area contributed by atoms with Gasteiger partial charge < -0.3 is 15.4 Å². The third kappa shape index (κ3) is 5.89. The van der Waals surface area contributed by atoms with E-state index in [0.29, 0.717) is 31.3 Å². The number of halogens is 1. The zero-order valence-corrected chi connectivity index (χ0v) is 11.3. The van der Waals surface area contributed by atoms with E-state index < -0.39 is 0 Å². The van der Waals surface area contributed by atoms with Crippen molar-refractivity contribution in [3.8, 4) is 0 Å². The van der Waals surface area contributed by atoms with Crippen LogP contribution in [-0.4, -0.2) is 25.8 Å². The summed E-state index contributed by atoms with van der Waals surface area (Å²) in [4.78, 5) is 11.5. The fraction of sp³-hybridized carbons (Fsp3) is 0.462. The molecule has 1 aromatic carbocycles. The predicted molar refractivity (Wildman–Crippen MR) is 72.8 cm³/mol. The molecule has 100 valence electrons. The Balaban J connectivity index is 2.15. The number of amides is 2. The van der Waals surface area contributed by atoms with E-state index in [2.05, 4.69) is 10.6 Å². The number of carbonyl (C=O) groups is 1. The number of carbonyl (C=O) groups excluding carboxylic acids is 1. The molecule has 0 saturated heterocycles. The van der Waals surface area contributed by atoms with Crippen molar-refractivity contribution in [2.24, 2.45) is 0 Å². The van der Waals surface area contributed by atoms with Crippen molar-refractivity contribution in [2.45, 2.75) is 19.9 Å². The van der Waals surface area contributed by atoms with Gasteiger partial charge in [-0.25, -0.2) is 4.79 Å². The third-order valence-electron chi connectivity index (χ3n) is 2.35. The summed E-state index contributed by atoms with van der Waals surface area (Å²) >= 11 is 5.98. The van der Waals surface area contributed by atoms with Crippen molar-refractivity contribution < 1.29 is 9.53 Å². The monoisotopic (exact) mass is 270 g/mol. The molecule has 0 saturated carbocycles. The Hall–Kier alpha value is -1.26. The molecule has 0 bridgehead atoms. The molecule has 0 radical (unpaired) electrons. The van der Waals surface area contributed by atoms with Crippen molar-refractivity contribution in [3.63, 3.8) is 0 Å². The van der Waals surface area contributed by atoms with Crippen molar-refractivity contribution in [3.05, 3.63) is 34.9 Å². The Bertz CT molecular complexity index is 372. The van der Waals surface area contributed by atoms with Gasteiger partial charge in [-0.1, -0.05) is 29.8 Å². The molecule has 5 heteroatoms. The van der Waals surface area contributed by atoms with E-state index in [1.54, 1.807) is 6.07 Å². The lowest BCUT2D eigenvalue weighted by Gasteiger charge is -2.08. The first-order chi connectivity index (χ1) is 8.74. The minimum Gasteiger partial charge on any atom is -0.382 e. The summed E-state index contributed by atoms with van der Waals surface area (Å²) in [7, 11) is 0. The molecule has 0 fully saturated rings. The second-order valence-electron chi connectivity index (χ2n) is 3.75. The van der Waals surface area contributed by atoms with Gasteiger partial charge in [0.15, 0.2) is 0 Å². The molecule has 1 aromatic rings. The second-order valence-corrected chi connectivity index (χ2v) is 4.16. The van der Waals surface area contributed by atoms with Gasteiger partial charge in [0.1, 0.15) is 0 Å². The van der Waals surface area contributed by atoms with Crippen LogP contribution in [0.4, 0.5) is 4.79 Å². The molecule has 0 aromatic heterocycles. The maximum atomic E-state index is 11.5. The second kappa shape index (κ2) is 8.78. The number of rotatable bonds is 7. The highest BCUT2D eigenvalue weighted by Gasteiger charge is 2.02. The lowest BCUT2D eigenvalue weighted by atomic mass is 10.2. The summed E-state index contributed by atoms with van der Waals surface area (Å²) in [6, 6.07) is 7.25. The van der Waals surface area contributed by atoms with Crippen LogP contribution in [0.15, 0.2) is 24.3 Å². The molecule has 4 nitrogen and oxygen atoms in total. The highest BCUT2D eigenvalue weighted by Crippen LogP contribution is 2.13. The Morgan fingerprint density at radius 3 is 2.83 bits per heavy atom. The number of benzene rings is 1. The van der Waals surface area contributed by atoms with E-state index in [-0.39, 0.29) is 6.03 Å². The lowest BCUT2D eigenvalue weighted by molar-refractivity contribution is 0.145. The smallest absolute Gasteiger partial charge is 0.315 e. The van der Waals surface area contributed by atoms with Crippen LogP contribution in [0.2, 0.25) is 5.02 Å². The van der Waals surface area contributed by atoms with Gasteiger partial charge in [-0.05, 0) is 25.0 Å². The Morgan fingerprint density at radius 1 is 1.33 bits per heavy atom. The van der Waals surface area contributed by atoms with Crippen LogP contribution in [0, 0.1) is 0 Å². The molecular weight excluding hydrogens is 252 g/mol. The van der Waals surface area contributed by atoms with Crippen molar-refractivity contribution in [1.82, 2.24) is 10.6 Å². The maximum absolute atomic E-state index is 11.5. The van der Waals surface area contributed by atoms with E-state index in [0.717, 1.165) is 12.0 Å². The molecule has 0 heterocycles. The summed E-state index contributed by atoms with van der Waals surface area (Å²) in [5.74, 6) is 0. The van der Waals surface area contributed by atoms with Gasteiger partial charge in [0.2, 0.25) is 0 Å². The highest BCUT2D eigenvalue weighted by molar-refractivity contribution is 6.31. The molecule has 2 N–H and O–H groups in total. The van der Waals surface area contributed by atoms with Crippen LogP contribution in [0.25, 0.3) is 0 Å². The fourth-order valence-corrected chi connectivity index (χ4v) is 1.60. The Labute approximate surface area is 113 Å². The molecular formula is C13H19ClN2O2. The van der Waals surface area contributed by atoms with Crippen LogP contribution in [0.5, 0.6) is 0 Å². The molecule has 2 amide bonds. The van der Waals surface area contributed by atoms with E-state index >= 15 is 0 Å². The lowest BCUT2D eigenvalue weighted by Crippen LogP contribution is -2.35. The number of urea groups is 1. The summed E-state index contributed by atoms with van der Waals surface area (Å²) in [5.41, 5.74) is 0.906. The van der Waals surface area contributed by atoms with Gasteiger partial charge in [0.25, 0.3) is 0 Å². The van der Waals surface area contributed by atoms with Crippen LogP contribution in [-0.2, 0) is 11.3 Å². The average molecular weight is 271 g/mol. The standard InChI is InChI=1S/C13H19ClN2O2/c1-2-18-9-5-8-15-13(17)16-10-11-6-3-4-7-12(11)14/h3-4,6-7H,2,5,8-10H2,1H3,(H2,15,16,17). The number of nitrogens with one attached hydrogen (secondary N) is 2. The first-order valence-corrected chi connectivity index (χ1v) is 6.44. The largest absolute Gasteiger partial charge is 0.382 e. The van der Waals surface area contributed by atoms with E-state index in [1.165, 1.54) is 0 Å². The van der Waals surface area contributed by atoms with Crippen LogP contribution < -0.4 is 10.6 Å². The minimum atomic E-state index is -0.189. The molecule has 0 unspecified atom stereocenters.